The Hall–Kier alpha value is -3.80. The van der Waals surface area contributed by atoms with Crippen LogP contribution in [0.5, 0.6) is 11.5 Å². The van der Waals surface area contributed by atoms with Crippen LogP contribution in [0, 0.1) is 5.92 Å². The Morgan fingerprint density at radius 3 is 2.19 bits per heavy atom. The van der Waals surface area contributed by atoms with Gasteiger partial charge in [-0.1, -0.05) is 80.6 Å². The van der Waals surface area contributed by atoms with Gasteiger partial charge >= 0.3 is 5.97 Å². The standard InChI is InChI=1S/C31H35NO5/c1-35-31(34)29(19-23-9-4-2-5-10-23)32-30(33)26-13-8-14-28(20-26)37-22-25-15-17-27(18-16-25)36-21-24-11-6-3-7-12-24/h3,6-8,11-18,20,23,29H,2,4-5,9-10,19,21-22H2,1H3,(H,32,33). The third-order valence-electron chi connectivity index (χ3n) is 6.76. The van der Waals surface area contributed by atoms with Gasteiger partial charge in [0, 0.05) is 5.56 Å². The van der Waals surface area contributed by atoms with Gasteiger partial charge in [0.25, 0.3) is 5.91 Å². The zero-order valence-corrected chi connectivity index (χ0v) is 21.4. The summed E-state index contributed by atoms with van der Waals surface area (Å²) in [6, 6.07) is 24.2. The van der Waals surface area contributed by atoms with Crippen molar-refractivity contribution >= 4 is 11.9 Å². The van der Waals surface area contributed by atoms with Gasteiger partial charge in [0.1, 0.15) is 30.8 Å². The van der Waals surface area contributed by atoms with Crippen LogP contribution in [0.15, 0.2) is 78.9 Å². The Balaban J connectivity index is 1.30. The summed E-state index contributed by atoms with van der Waals surface area (Å²) in [4.78, 5) is 25.3. The molecule has 37 heavy (non-hydrogen) atoms. The number of rotatable bonds is 11. The summed E-state index contributed by atoms with van der Waals surface area (Å²) in [5, 5.41) is 2.88. The third kappa shape index (κ3) is 8.10. The maximum atomic E-state index is 13.0. The minimum absolute atomic E-state index is 0.309. The van der Waals surface area contributed by atoms with E-state index in [9.17, 15) is 9.59 Å². The molecule has 0 aliphatic heterocycles. The Morgan fingerprint density at radius 1 is 0.811 bits per heavy atom. The molecular formula is C31H35NO5. The summed E-state index contributed by atoms with van der Waals surface area (Å²) in [6.07, 6.45) is 6.38. The number of ether oxygens (including phenoxy) is 3. The topological polar surface area (TPSA) is 73.9 Å². The van der Waals surface area contributed by atoms with Crippen LogP contribution in [0.25, 0.3) is 0 Å². The Bertz CT molecular complexity index is 1140. The van der Waals surface area contributed by atoms with E-state index < -0.39 is 12.0 Å². The van der Waals surface area contributed by atoms with E-state index in [1.165, 1.54) is 26.4 Å². The molecule has 3 aromatic carbocycles. The van der Waals surface area contributed by atoms with Crippen molar-refractivity contribution in [1.29, 1.82) is 0 Å². The Labute approximate surface area is 218 Å². The minimum atomic E-state index is -0.646. The summed E-state index contributed by atoms with van der Waals surface area (Å²) < 4.78 is 16.7. The number of carbonyl (C=O) groups is 2. The average molecular weight is 502 g/mol. The highest BCUT2D eigenvalue weighted by molar-refractivity contribution is 5.97. The van der Waals surface area contributed by atoms with Crippen molar-refractivity contribution in [1.82, 2.24) is 5.32 Å². The van der Waals surface area contributed by atoms with Crippen molar-refractivity contribution < 1.29 is 23.8 Å². The molecule has 0 radical (unpaired) electrons. The second-order valence-electron chi connectivity index (χ2n) is 9.52. The number of hydrogen-bond acceptors (Lipinski definition) is 5. The van der Waals surface area contributed by atoms with Crippen LogP contribution >= 0.6 is 0 Å². The third-order valence-corrected chi connectivity index (χ3v) is 6.76. The van der Waals surface area contributed by atoms with E-state index in [0.29, 0.717) is 36.9 Å². The molecule has 1 aliphatic carbocycles. The number of benzene rings is 3. The van der Waals surface area contributed by atoms with E-state index >= 15 is 0 Å². The number of nitrogens with one attached hydrogen (secondary N) is 1. The molecule has 3 aromatic rings. The van der Waals surface area contributed by atoms with E-state index in [-0.39, 0.29) is 5.91 Å². The molecule has 1 fully saturated rings. The molecule has 0 aromatic heterocycles. The predicted octanol–water partition coefficient (Wildman–Crippen LogP) is 6.09. The second-order valence-corrected chi connectivity index (χ2v) is 9.52. The van der Waals surface area contributed by atoms with E-state index in [4.69, 9.17) is 14.2 Å². The summed E-state index contributed by atoms with van der Waals surface area (Å²) in [6.45, 7) is 0.875. The van der Waals surface area contributed by atoms with E-state index in [0.717, 1.165) is 29.7 Å². The smallest absolute Gasteiger partial charge is 0.328 e. The fourth-order valence-corrected chi connectivity index (χ4v) is 4.67. The number of hydrogen-bond donors (Lipinski definition) is 1. The molecule has 6 heteroatoms. The molecular weight excluding hydrogens is 466 g/mol. The largest absolute Gasteiger partial charge is 0.489 e. The number of carbonyl (C=O) groups excluding carboxylic acids is 2. The summed E-state index contributed by atoms with van der Waals surface area (Å²) >= 11 is 0. The quantitative estimate of drug-likeness (QED) is 0.322. The molecule has 6 nitrogen and oxygen atoms in total. The molecule has 0 heterocycles. The van der Waals surface area contributed by atoms with Gasteiger partial charge in [0.2, 0.25) is 0 Å². The fraction of sp³-hybridized carbons (Fsp3) is 0.355. The molecule has 1 N–H and O–H groups in total. The number of methoxy groups -OCH3 is 1. The first-order valence-corrected chi connectivity index (χ1v) is 13.0. The second kappa shape index (κ2) is 13.5. The van der Waals surface area contributed by atoms with Gasteiger partial charge in [0.05, 0.1) is 7.11 Å². The zero-order valence-electron chi connectivity index (χ0n) is 21.4. The molecule has 0 saturated heterocycles. The monoisotopic (exact) mass is 501 g/mol. The first kappa shape index (κ1) is 26.3. The van der Waals surface area contributed by atoms with Crippen LogP contribution in [0.2, 0.25) is 0 Å². The molecule has 4 rings (SSSR count). The lowest BCUT2D eigenvalue weighted by Crippen LogP contribution is -2.43. The molecule has 1 saturated carbocycles. The first-order chi connectivity index (χ1) is 18.1. The molecule has 1 aliphatic rings. The van der Waals surface area contributed by atoms with Crippen LogP contribution in [0.4, 0.5) is 0 Å². The average Bonchev–Trinajstić information content (AvgIpc) is 2.96. The highest BCUT2D eigenvalue weighted by Gasteiger charge is 2.27. The van der Waals surface area contributed by atoms with Gasteiger partial charge in [-0.15, -0.1) is 0 Å². The van der Waals surface area contributed by atoms with Crippen LogP contribution in [0.1, 0.15) is 60.0 Å². The number of amides is 1. The molecule has 1 atom stereocenters. The van der Waals surface area contributed by atoms with Crippen LogP contribution < -0.4 is 14.8 Å². The first-order valence-electron chi connectivity index (χ1n) is 13.0. The molecule has 0 spiro atoms. The summed E-state index contributed by atoms with van der Waals surface area (Å²) in [7, 11) is 1.36. The van der Waals surface area contributed by atoms with Crippen molar-refractivity contribution in [3.63, 3.8) is 0 Å². The van der Waals surface area contributed by atoms with Crippen LogP contribution in [-0.2, 0) is 22.7 Å². The predicted molar refractivity (Wildman–Crippen MR) is 142 cm³/mol. The van der Waals surface area contributed by atoms with Crippen molar-refractivity contribution in [2.75, 3.05) is 7.11 Å². The van der Waals surface area contributed by atoms with Gasteiger partial charge in [-0.3, -0.25) is 4.79 Å². The maximum absolute atomic E-state index is 13.0. The van der Waals surface area contributed by atoms with E-state index in [1.807, 2.05) is 60.7 Å². The Kier molecular flexibility index (Phi) is 9.58. The summed E-state index contributed by atoms with van der Waals surface area (Å²) in [5.41, 5.74) is 2.55. The van der Waals surface area contributed by atoms with Gasteiger partial charge < -0.3 is 19.5 Å². The lowest BCUT2D eigenvalue weighted by Gasteiger charge is -2.25. The van der Waals surface area contributed by atoms with Gasteiger partial charge in [-0.25, -0.2) is 4.79 Å². The summed E-state index contributed by atoms with van der Waals surface area (Å²) in [5.74, 6) is 1.10. The lowest BCUT2D eigenvalue weighted by molar-refractivity contribution is -0.143. The highest BCUT2D eigenvalue weighted by Crippen LogP contribution is 2.28. The van der Waals surface area contributed by atoms with Crippen molar-refractivity contribution in [3.05, 3.63) is 95.6 Å². The molecule has 0 bridgehead atoms. The van der Waals surface area contributed by atoms with Crippen molar-refractivity contribution in [2.24, 2.45) is 5.92 Å². The maximum Gasteiger partial charge on any atom is 0.328 e. The lowest BCUT2D eigenvalue weighted by atomic mass is 9.85. The van der Waals surface area contributed by atoms with E-state index in [1.54, 1.807) is 18.2 Å². The normalized spacial score (nSPS) is 14.4. The highest BCUT2D eigenvalue weighted by atomic mass is 16.5. The Morgan fingerprint density at radius 2 is 1.49 bits per heavy atom. The molecule has 1 amide bonds. The van der Waals surface area contributed by atoms with Crippen LogP contribution in [0.3, 0.4) is 0 Å². The van der Waals surface area contributed by atoms with Gasteiger partial charge in [0.15, 0.2) is 0 Å². The van der Waals surface area contributed by atoms with Crippen molar-refractivity contribution in [2.45, 2.75) is 57.8 Å². The van der Waals surface area contributed by atoms with Crippen LogP contribution in [-0.4, -0.2) is 25.0 Å². The number of esters is 1. The minimum Gasteiger partial charge on any atom is -0.489 e. The zero-order chi connectivity index (χ0) is 25.9. The van der Waals surface area contributed by atoms with E-state index in [2.05, 4.69) is 5.32 Å². The SMILES string of the molecule is COC(=O)C(CC1CCCCC1)NC(=O)c1cccc(OCc2ccc(OCc3ccccc3)cc2)c1. The molecule has 194 valence electrons. The van der Waals surface area contributed by atoms with Gasteiger partial charge in [-0.05, 0) is 53.8 Å². The van der Waals surface area contributed by atoms with Gasteiger partial charge in [-0.2, -0.15) is 0 Å². The molecule has 1 unspecified atom stereocenters. The van der Waals surface area contributed by atoms with Crippen molar-refractivity contribution in [3.8, 4) is 11.5 Å². The fourth-order valence-electron chi connectivity index (χ4n) is 4.67.